The molecule has 0 saturated carbocycles. The van der Waals surface area contributed by atoms with Crippen LogP contribution in [0.1, 0.15) is 45.0 Å². The molecular weight excluding hydrogens is 304 g/mol. The van der Waals surface area contributed by atoms with Crippen LogP contribution in [0.5, 0.6) is 0 Å². The van der Waals surface area contributed by atoms with Gasteiger partial charge >= 0.3 is 0 Å². The fraction of sp³-hybridized carbons (Fsp3) is 0.417. The van der Waals surface area contributed by atoms with Gasteiger partial charge in [0, 0.05) is 9.78 Å². The van der Waals surface area contributed by atoms with E-state index in [1.807, 2.05) is 27.7 Å². The molecular formula is C12H20BrFNOP. The molecule has 5 heteroatoms. The third kappa shape index (κ3) is 5.13. The summed E-state index contributed by atoms with van der Waals surface area (Å²) in [7, 11) is 2.36. The van der Waals surface area contributed by atoms with Crippen LogP contribution in [-0.2, 0) is 0 Å². The molecule has 0 saturated heterocycles. The first-order chi connectivity index (χ1) is 7.95. The molecule has 0 bridgehead atoms. The first-order valence-electron chi connectivity index (χ1n) is 5.49. The maximum Gasteiger partial charge on any atom is 0.164 e. The van der Waals surface area contributed by atoms with Crippen LogP contribution in [0.15, 0.2) is 10.5 Å². The summed E-state index contributed by atoms with van der Waals surface area (Å²) in [6, 6.07) is 1.23. The molecule has 0 aliphatic carbocycles. The van der Waals surface area contributed by atoms with E-state index >= 15 is 0 Å². The summed E-state index contributed by atoms with van der Waals surface area (Å²) in [4.78, 5) is 11.0. The average Bonchev–Trinajstić information content (AvgIpc) is 2.31. The number of anilines is 1. The molecule has 1 unspecified atom stereocenters. The molecule has 0 aliphatic heterocycles. The Morgan fingerprint density at radius 2 is 1.76 bits per heavy atom. The Kier molecular flexibility index (Phi) is 10.6. The molecule has 2 nitrogen and oxygen atoms in total. The van der Waals surface area contributed by atoms with Gasteiger partial charge in [-0.05, 0) is 28.9 Å². The Labute approximate surface area is 113 Å². The lowest BCUT2D eigenvalue weighted by Gasteiger charge is -2.08. The van der Waals surface area contributed by atoms with Gasteiger partial charge in [0.15, 0.2) is 5.78 Å². The number of benzene rings is 1. The average molecular weight is 324 g/mol. The molecule has 0 heterocycles. The van der Waals surface area contributed by atoms with Gasteiger partial charge in [0.2, 0.25) is 0 Å². The van der Waals surface area contributed by atoms with Gasteiger partial charge in [0.25, 0.3) is 0 Å². The SMILES string of the molecule is CC.CC.CC(=O)c1c(F)cc(Br)c(P)c1N. The fourth-order valence-electron chi connectivity index (χ4n) is 1.01. The molecule has 17 heavy (non-hydrogen) atoms. The number of carbonyl (C=O) groups is 1. The smallest absolute Gasteiger partial charge is 0.164 e. The van der Waals surface area contributed by atoms with Crippen LogP contribution in [0.2, 0.25) is 0 Å². The van der Waals surface area contributed by atoms with E-state index in [0.29, 0.717) is 9.78 Å². The minimum Gasteiger partial charge on any atom is -0.398 e. The normalized spacial score (nSPS) is 8.47. The van der Waals surface area contributed by atoms with Gasteiger partial charge in [-0.1, -0.05) is 27.7 Å². The van der Waals surface area contributed by atoms with E-state index in [1.165, 1.54) is 13.0 Å². The van der Waals surface area contributed by atoms with Crippen molar-refractivity contribution < 1.29 is 9.18 Å². The number of rotatable bonds is 1. The molecule has 2 N–H and O–H groups in total. The number of hydrogen-bond acceptors (Lipinski definition) is 2. The van der Waals surface area contributed by atoms with Crippen LogP contribution in [0.3, 0.4) is 0 Å². The second-order valence-electron chi connectivity index (χ2n) is 2.60. The van der Waals surface area contributed by atoms with E-state index in [-0.39, 0.29) is 17.0 Å². The summed E-state index contributed by atoms with van der Waals surface area (Å²) in [5.41, 5.74) is 5.70. The Bertz CT molecular complexity index is 383. The summed E-state index contributed by atoms with van der Waals surface area (Å²) in [5.74, 6) is -0.964. The molecule has 1 rings (SSSR count). The zero-order chi connectivity index (χ0) is 14.2. The molecule has 0 amide bonds. The van der Waals surface area contributed by atoms with Gasteiger partial charge < -0.3 is 5.73 Å². The summed E-state index contributed by atoms with van der Waals surface area (Å²) >= 11 is 3.13. The molecule has 1 aromatic carbocycles. The second kappa shape index (κ2) is 9.55. The van der Waals surface area contributed by atoms with Gasteiger partial charge in [0.1, 0.15) is 5.82 Å². The maximum atomic E-state index is 13.2. The predicted octanol–water partition coefficient (Wildman–Crippen LogP) is 3.93. The van der Waals surface area contributed by atoms with Crippen LogP contribution >= 0.6 is 25.2 Å². The number of nitrogens with two attached hydrogens (primary N) is 1. The van der Waals surface area contributed by atoms with Crippen LogP contribution < -0.4 is 11.0 Å². The minimum atomic E-state index is -0.594. The van der Waals surface area contributed by atoms with Crippen molar-refractivity contribution in [3.05, 3.63) is 21.9 Å². The van der Waals surface area contributed by atoms with E-state index in [9.17, 15) is 9.18 Å². The highest BCUT2D eigenvalue weighted by Gasteiger charge is 2.15. The van der Waals surface area contributed by atoms with Crippen molar-refractivity contribution in [2.45, 2.75) is 34.6 Å². The molecule has 0 spiro atoms. The predicted molar refractivity (Wildman–Crippen MR) is 80.6 cm³/mol. The molecule has 1 aromatic rings. The highest BCUT2D eigenvalue weighted by atomic mass is 79.9. The topological polar surface area (TPSA) is 43.1 Å². The van der Waals surface area contributed by atoms with Gasteiger partial charge in [-0.2, -0.15) is 0 Å². The highest BCUT2D eigenvalue weighted by Crippen LogP contribution is 2.22. The number of nitrogen functional groups attached to an aromatic ring is 1. The second-order valence-corrected chi connectivity index (χ2v) is 4.03. The van der Waals surface area contributed by atoms with Crippen molar-refractivity contribution in [2.24, 2.45) is 0 Å². The number of ketones is 1. The maximum absolute atomic E-state index is 13.2. The van der Waals surface area contributed by atoms with E-state index in [4.69, 9.17) is 5.73 Å². The van der Waals surface area contributed by atoms with Crippen molar-refractivity contribution in [2.75, 3.05) is 5.73 Å². The van der Waals surface area contributed by atoms with Crippen molar-refractivity contribution in [3.63, 3.8) is 0 Å². The van der Waals surface area contributed by atoms with Gasteiger partial charge in [-0.15, -0.1) is 9.24 Å². The molecule has 0 aliphatic rings. The number of hydrogen-bond donors (Lipinski definition) is 1. The molecule has 98 valence electrons. The lowest BCUT2D eigenvalue weighted by molar-refractivity contribution is 0.101. The first-order valence-corrected chi connectivity index (χ1v) is 6.86. The molecule has 1 atom stereocenters. The summed E-state index contributed by atoms with van der Waals surface area (Å²) in [5, 5.41) is 0.603. The largest absolute Gasteiger partial charge is 0.398 e. The number of halogens is 2. The van der Waals surface area contributed by atoms with Gasteiger partial charge in [-0.25, -0.2) is 4.39 Å². The summed E-state index contributed by atoms with van der Waals surface area (Å²) < 4.78 is 13.7. The zero-order valence-corrected chi connectivity index (χ0v) is 13.6. The van der Waals surface area contributed by atoms with Crippen LogP contribution in [0, 0.1) is 5.82 Å². The van der Waals surface area contributed by atoms with E-state index in [2.05, 4.69) is 25.2 Å². The third-order valence-electron chi connectivity index (χ3n) is 1.66. The summed E-state index contributed by atoms with van der Waals surface area (Å²) in [6.07, 6.45) is 0. The minimum absolute atomic E-state index is 0.0480. The van der Waals surface area contributed by atoms with Crippen LogP contribution in [-0.4, -0.2) is 5.78 Å². The van der Waals surface area contributed by atoms with Gasteiger partial charge in [0.05, 0.1) is 11.3 Å². The Balaban J connectivity index is 0. The highest BCUT2D eigenvalue weighted by molar-refractivity contribution is 9.10. The number of Topliss-reactive ketones (excluding diaryl/α,β-unsaturated/α-hetero) is 1. The van der Waals surface area contributed by atoms with Crippen LogP contribution in [0.4, 0.5) is 10.1 Å². The molecule has 0 aromatic heterocycles. The van der Waals surface area contributed by atoms with E-state index in [1.54, 1.807) is 0 Å². The van der Waals surface area contributed by atoms with Crippen LogP contribution in [0.25, 0.3) is 0 Å². The van der Waals surface area contributed by atoms with E-state index < -0.39 is 5.82 Å². The number of carbonyl (C=O) groups excluding carboxylic acids is 1. The van der Waals surface area contributed by atoms with Crippen molar-refractivity contribution in [1.29, 1.82) is 0 Å². The Morgan fingerprint density at radius 1 is 1.35 bits per heavy atom. The van der Waals surface area contributed by atoms with Crippen molar-refractivity contribution in [1.82, 2.24) is 0 Å². The van der Waals surface area contributed by atoms with Gasteiger partial charge in [-0.3, -0.25) is 4.79 Å². The Morgan fingerprint density at radius 3 is 2.12 bits per heavy atom. The molecule has 0 fully saturated rings. The third-order valence-corrected chi connectivity index (χ3v) is 3.36. The first kappa shape index (κ1) is 18.9. The lowest BCUT2D eigenvalue weighted by Crippen LogP contribution is -2.12. The fourth-order valence-corrected chi connectivity index (χ4v) is 1.65. The van der Waals surface area contributed by atoms with Crippen molar-refractivity contribution >= 4 is 41.9 Å². The standard InChI is InChI=1S/C8H8BrFNOP.2C2H6/c1-3(12)6-5(10)2-4(9)8(13)7(6)11;2*1-2/h2H,11,13H2,1H3;2*1-2H3. The lowest BCUT2D eigenvalue weighted by atomic mass is 10.1. The molecule has 0 radical (unpaired) electrons. The van der Waals surface area contributed by atoms with E-state index in [0.717, 1.165) is 0 Å². The Hall–Kier alpha value is -0.470. The quantitative estimate of drug-likeness (QED) is 0.483. The monoisotopic (exact) mass is 323 g/mol. The van der Waals surface area contributed by atoms with Crippen molar-refractivity contribution in [3.8, 4) is 0 Å². The zero-order valence-electron chi connectivity index (χ0n) is 10.9. The summed E-state index contributed by atoms with van der Waals surface area (Å²) in [6.45, 7) is 9.28.